The molecule has 0 aromatic carbocycles. The average Bonchev–Trinajstić information content (AvgIpc) is 3.25. The second-order valence-electron chi connectivity index (χ2n) is 6.53. The zero-order chi connectivity index (χ0) is 17.7. The molecule has 1 unspecified atom stereocenters. The van der Waals surface area contributed by atoms with Crippen LogP contribution in [0, 0.1) is 5.92 Å². The second kappa shape index (κ2) is 8.23. The summed E-state index contributed by atoms with van der Waals surface area (Å²) in [6.45, 7) is 8.73. The highest BCUT2D eigenvalue weighted by molar-refractivity contribution is 7.91. The number of guanidine groups is 1. The standard InChI is InChI=1S/C17H26N4O2S2/c1-2-6-18-17(19-13-15-5-12-25(22,23)14-15)21-9-7-20(8-10-21)16-4-3-11-24-16/h2-4,11,15H,1,5-10,12-14H2,(H,18,19). The average molecular weight is 383 g/mol. The predicted octanol–water partition coefficient (Wildman–Crippen LogP) is 1.44. The van der Waals surface area contributed by atoms with Gasteiger partial charge in [-0.15, -0.1) is 17.9 Å². The summed E-state index contributed by atoms with van der Waals surface area (Å²) >= 11 is 1.77. The van der Waals surface area contributed by atoms with Gasteiger partial charge in [-0.05, 0) is 29.9 Å². The fraction of sp³-hybridized carbons (Fsp3) is 0.588. The highest BCUT2D eigenvalue weighted by Gasteiger charge is 2.28. The zero-order valence-electron chi connectivity index (χ0n) is 14.4. The van der Waals surface area contributed by atoms with E-state index >= 15 is 0 Å². The number of anilines is 1. The van der Waals surface area contributed by atoms with Gasteiger partial charge < -0.3 is 15.1 Å². The summed E-state index contributed by atoms with van der Waals surface area (Å²) in [5.41, 5.74) is 0. The van der Waals surface area contributed by atoms with Crippen molar-refractivity contribution in [3.63, 3.8) is 0 Å². The highest BCUT2D eigenvalue weighted by atomic mass is 32.2. The maximum atomic E-state index is 11.6. The number of piperazine rings is 1. The first kappa shape index (κ1) is 18.3. The van der Waals surface area contributed by atoms with Gasteiger partial charge in [0.15, 0.2) is 15.8 Å². The number of hydrogen-bond acceptors (Lipinski definition) is 5. The third-order valence-electron chi connectivity index (χ3n) is 4.63. The second-order valence-corrected chi connectivity index (χ2v) is 9.68. The van der Waals surface area contributed by atoms with Gasteiger partial charge in [0.25, 0.3) is 0 Å². The van der Waals surface area contributed by atoms with Crippen LogP contribution in [0.15, 0.2) is 35.2 Å². The molecule has 0 amide bonds. The Morgan fingerprint density at radius 2 is 2.20 bits per heavy atom. The molecule has 0 saturated carbocycles. The van der Waals surface area contributed by atoms with E-state index in [9.17, 15) is 8.42 Å². The Kier molecular flexibility index (Phi) is 6.01. The summed E-state index contributed by atoms with van der Waals surface area (Å²) in [4.78, 5) is 9.38. The molecule has 138 valence electrons. The van der Waals surface area contributed by atoms with Gasteiger partial charge in [-0.2, -0.15) is 0 Å². The lowest BCUT2D eigenvalue weighted by atomic mass is 10.1. The maximum absolute atomic E-state index is 11.6. The normalized spacial score (nSPS) is 23.7. The largest absolute Gasteiger partial charge is 0.360 e. The fourth-order valence-corrected chi connectivity index (χ4v) is 5.89. The SMILES string of the molecule is C=CCNC(=NCC1CCS(=O)(=O)C1)N1CCN(c2cccs2)CC1. The molecule has 1 atom stereocenters. The Morgan fingerprint density at radius 3 is 2.80 bits per heavy atom. The molecule has 2 aliphatic rings. The molecule has 25 heavy (non-hydrogen) atoms. The van der Waals surface area contributed by atoms with E-state index < -0.39 is 9.84 Å². The quantitative estimate of drug-likeness (QED) is 0.474. The van der Waals surface area contributed by atoms with E-state index in [0.717, 1.165) is 38.6 Å². The van der Waals surface area contributed by atoms with Crippen LogP contribution in [0.25, 0.3) is 0 Å². The van der Waals surface area contributed by atoms with Gasteiger partial charge >= 0.3 is 0 Å². The van der Waals surface area contributed by atoms with Crippen LogP contribution in [0.2, 0.25) is 0 Å². The molecule has 1 aromatic rings. The first-order valence-electron chi connectivity index (χ1n) is 8.70. The minimum absolute atomic E-state index is 0.151. The highest BCUT2D eigenvalue weighted by Crippen LogP contribution is 2.22. The van der Waals surface area contributed by atoms with Crippen molar-refractivity contribution in [2.45, 2.75) is 6.42 Å². The summed E-state index contributed by atoms with van der Waals surface area (Å²) in [5, 5.41) is 6.75. The van der Waals surface area contributed by atoms with E-state index in [0.29, 0.717) is 18.8 Å². The van der Waals surface area contributed by atoms with Gasteiger partial charge in [-0.1, -0.05) is 6.08 Å². The molecule has 2 aliphatic heterocycles. The number of nitrogens with one attached hydrogen (secondary N) is 1. The third-order valence-corrected chi connectivity index (χ3v) is 7.39. The molecule has 3 heterocycles. The lowest BCUT2D eigenvalue weighted by Gasteiger charge is -2.37. The number of nitrogens with zero attached hydrogens (tertiary/aromatic N) is 3. The Bertz CT molecular complexity index is 692. The van der Waals surface area contributed by atoms with Gasteiger partial charge in [-0.3, -0.25) is 4.99 Å². The Balaban J connectivity index is 1.58. The van der Waals surface area contributed by atoms with E-state index in [1.807, 2.05) is 6.08 Å². The fourth-order valence-electron chi connectivity index (χ4n) is 3.25. The summed E-state index contributed by atoms with van der Waals surface area (Å²) in [5.74, 6) is 1.60. The number of rotatable bonds is 5. The molecule has 8 heteroatoms. The van der Waals surface area contributed by atoms with E-state index in [1.165, 1.54) is 5.00 Å². The number of aliphatic imine (C=N–C) groups is 1. The minimum atomic E-state index is -2.84. The number of hydrogen-bond donors (Lipinski definition) is 1. The predicted molar refractivity (Wildman–Crippen MR) is 105 cm³/mol. The smallest absolute Gasteiger partial charge is 0.194 e. The first-order chi connectivity index (χ1) is 12.1. The molecular weight excluding hydrogens is 356 g/mol. The van der Waals surface area contributed by atoms with Crippen LogP contribution >= 0.6 is 11.3 Å². The topological polar surface area (TPSA) is 65.0 Å². The molecule has 6 nitrogen and oxygen atoms in total. The summed E-state index contributed by atoms with van der Waals surface area (Å²) in [6.07, 6.45) is 2.55. The monoisotopic (exact) mass is 382 g/mol. The van der Waals surface area contributed by atoms with Crippen LogP contribution < -0.4 is 10.2 Å². The lowest BCUT2D eigenvalue weighted by Crippen LogP contribution is -2.52. The van der Waals surface area contributed by atoms with Crippen LogP contribution in [-0.4, -0.2) is 70.1 Å². The molecule has 1 aromatic heterocycles. The van der Waals surface area contributed by atoms with Crippen molar-refractivity contribution in [3.8, 4) is 0 Å². The summed E-state index contributed by atoms with van der Waals surface area (Å²) < 4.78 is 23.2. The number of sulfone groups is 1. The van der Waals surface area contributed by atoms with Crippen molar-refractivity contribution in [3.05, 3.63) is 30.2 Å². The molecule has 2 fully saturated rings. The van der Waals surface area contributed by atoms with Gasteiger partial charge in [0.2, 0.25) is 0 Å². The summed E-state index contributed by atoms with van der Waals surface area (Å²) in [7, 11) is -2.84. The van der Waals surface area contributed by atoms with Gasteiger partial charge in [-0.25, -0.2) is 8.42 Å². The Morgan fingerprint density at radius 1 is 1.40 bits per heavy atom. The molecule has 3 rings (SSSR count). The summed E-state index contributed by atoms with van der Waals surface area (Å²) in [6, 6.07) is 4.24. The first-order valence-corrected chi connectivity index (χ1v) is 11.4. The van der Waals surface area contributed by atoms with E-state index in [2.05, 4.69) is 39.2 Å². The van der Waals surface area contributed by atoms with E-state index in [-0.39, 0.29) is 11.7 Å². The van der Waals surface area contributed by atoms with Crippen LogP contribution in [0.5, 0.6) is 0 Å². The zero-order valence-corrected chi connectivity index (χ0v) is 16.1. The van der Waals surface area contributed by atoms with E-state index in [4.69, 9.17) is 4.99 Å². The molecule has 0 spiro atoms. The van der Waals surface area contributed by atoms with Crippen molar-refractivity contribution in [2.75, 3.05) is 55.7 Å². The number of thiophene rings is 1. The van der Waals surface area contributed by atoms with Crippen LogP contribution in [-0.2, 0) is 9.84 Å². The van der Waals surface area contributed by atoms with Crippen LogP contribution in [0.3, 0.4) is 0 Å². The van der Waals surface area contributed by atoms with E-state index in [1.54, 1.807) is 11.3 Å². The van der Waals surface area contributed by atoms with Gasteiger partial charge in [0, 0.05) is 39.3 Å². The maximum Gasteiger partial charge on any atom is 0.194 e. The van der Waals surface area contributed by atoms with Crippen molar-refractivity contribution in [1.29, 1.82) is 0 Å². The lowest BCUT2D eigenvalue weighted by molar-refractivity contribution is 0.373. The van der Waals surface area contributed by atoms with Gasteiger partial charge in [0.1, 0.15) is 0 Å². The molecule has 0 bridgehead atoms. The minimum Gasteiger partial charge on any atom is -0.360 e. The molecule has 1 N–H and O–H groups in total. The van der Waals surface area contributed by atoms with Crippen molar-refractivity contribution in [2.24, 2.45) is 10.9 Å². The molecule has 2 saturated heterocycles. The van der Waals surface area contributed by atoms with Crippen molar-refractivity contribution in [1.82, 2.24) is 10.2 Å². The Labute approximate surface area is 154 Å². The van der Waals surface area contributed by atoms with Crippen LogP contribution in [0.1, 0.15) is 6.42 Å². The molecule has 0 aliphatic carbocycles. The van der Waals surface area contributed by atoms with Gasteiger partial charge in [0.05, 0.1) is 16.5 Å². The molecular formula is C17H26N4O2S2. The molecule has 0 radical (unpaired) electrons. The Hall–Kier alpha value is -1.54. The van der Waals surface area contributed by atoms with Crippen LogP contribution in [0.4, 0.5) is 5.00 Å². The third kappa shape index (κ3) is 4.98. The van der Waals surface area contributed by atoms with Crippen molar-refractivity contribution >= 4 is 32.1 Å². The van der Waals surface area contributed by atoms with Crippen molar-refractivity contribution < 1.29 is 8.42 Å².